The van der Waals surface area contributed by atoms with Gasteiger partial charge in [0, 0.05) is 45.5 Å². The summed E-state index contributed by atoms with van der Waals surface area (Å²) in [7, 11) is 1.90. The molecule has 0 spiro atoms. The van der Waals surface area contributed by atoms with Crippen molar-refractivity contribution in [1.82, 2.24) is 9.80 Å². The third-order valence-corrected chi connectivity index (χ3v) is 4.47. The summed E-state index contributed by atoms with van der Waals surface area (Å²) in [6, 6.07) is 0.857. The molecule has 0 aromatic heterocycles. The van der Waals surface area contributed by atoms with Crippen LogP contribution in [0, 0.1) is 5.92 Å². The molecule has 1 saturated carbocycles. The first-order valence-corrected chi connectivity index (χ1v) is 7.22. The summed E-state index contributed by atoms with van der Waals surface area (Å²) >= 11 is 0. The molecule has 1 aliphatic heterocycles. The fourth-order valence-electron chi connectivity index (χ4n) is 3.27. The lowest BCUT2D eigenvalue weighted by atomic mass is 9.86. The van der Waals surface area contributed by atoms with Crippen LogP contribution in [0.1, 0.15) is 32.6 Å². The minimum atomic E-state index is 0.758. The normalized spacial score (nSPS) is 33.3. The minimum Gasteiger partial charge on any atom is -0.301 e. The first-order chi connectivity index (χ1) is 8.33. The number of aliphatic imine (C=N–C) groups is 1. The highest BCUT2D eigenvalue weighted by Crippen LogP contribution is 2.27. The van der Waals surface area contributed by atoms with Crippen LogP contribution in [0.2, 0.25) is 0 Å². The summed E-state index contributed by atoms with van der Waals surface area (Å²) in [6.45, 7) is 8.59. The number of nitrogens with zero attached hydrogens (tertiary/aromatic N) is 3. The molecule has 98 valence electrons. The Morgan fingerprint density at radius 3 is 2.24 bits per heavy atom. The lowest BCUT2D eigenvalue weighted by Crippen LogP contribution is -2.50. The molecule has 0 radical (unpaired) electrons. The molecule has 1 heterocycles. The predicted octanol–water partition coefficient (Wildman–Crippen LogP) is 1.88. The average molecular weight is 237 g/mol. The van der Waals surface area contributed by atoms with Crippen LogP contribution < -0.4 is 0 Å². The Kier molecular flexibility index (Phi) is 4.99. The Balaban J connectivity index is 1.74. The molecule has 17 heavy (non-hydrogen) atoms. The number of rotatable bonds is 3. The Bertz CT molecular complexity index is 236. The van der Waals surface area contributed by atoms with Crippen molar-refractivity contribution in [2.75, 3.05) is 39.8 Å². The molecule has 1 saturated heterocycles. The second kappa shape index (κ2) is 6.50. The van der Waals surface area contributed by atoms with Crippen LogP contribution in [-0.4, -0.2) is 61.8 Å². The number of hydrogen-bond donors (Lipinski definition) is 0. The van der Waals surface area contributed by atoms with E-state index >= 15 is 0 Å². The molecule has 0 aromatic rings. The monoisotopic (exact) mass is 237 g/mol. The van der Waals surface area contributed by atoms with Gasteiger partial charge in [-0.3, -0.25) is 4.90 Å². The van der Waals surface area contributed by atoms with E-state index in [4.69, 9.17) is 0 Å². The van der Waals surface area contributed by atoms with Gasteiger partial charge in [0.25, 0.3) is 0 Å². The molecular formula is C14H27N3. The summed E-state index contributed by atoms with van der Waals surface area (Å²) in [5.41, 5.74) is 0. The maximum atomic E-state index is 4.17. The predicted molar refractivity (Wildman–Crippen MR) is 73.8 cm³/mol. The zero-order valence-corrected chi connectivity index (χ0v) is 11.4. The molecule has 2 fully saturated rings. The standard InChI is InChI=1S/C14H27N3/c1-3-16-8-10-17(11-9-16)14-6-4-13(5-7-14)12-15-2/h12-14H,3-11H2,1-2H3. The first-order valence-electron chi connectivity index (χ1n) is 7.22. The van der Waals surface area contributed by atoms with E-state index in [0.29, 0.717) is 0 Å². The quantitative estimate of drug-likeness (QED) is 0.698. The van der Waals surface area contributed by atoms with E-state index in [2.05, 4.69) is 27.9 Å². The lowest BCUT2D eigenvalue weighted by molar-refractivity contribution is 0.0782. The van der Waals surface area contributed by atoms with Crippen LogP contribution in [0.5, 0.6) is 0 Å². The van der Waals surface area contributed by atoms with Gasteiger partial charge in [0.1, 0.15) is 0 Å². The fraction of sp³-hybridized carbons (Fsp3) is 0.929. The summed E-state index contributed by atoms with van der Waals surface area (Å²) in [5.74, 6) is 0.758. The molecule has 2 aliphatic rings. The Morgan fingerprint density at radius 1 is 1.06 bits per heavy atom. The van der Waals surface area contributed by atoms with Crippen LogP contribution in [-0.2, 0) is 0 Å². The van der Waals surface area contributed by atoms with Crippen molar-refractivity contribution >= 4 is 6.21 Å². The highest BCUT2D eigenvalue weighted by molar-refractivity contribution is 5.60. The fourth-order valence-corrected chi connectivity index (χ4v) is 3.27. The molecule has 0 unspecified atom stereocenters. The van der Waals surface area contributed by atoms with Gasteiger partial charge in [-0.15, -0.1) is 0 Å². The van der Waals surface area contributed by atoms with Crippen molar-refractivity contribution in [2.24, 2.45) is 10.9 Å². The van der Waals surface area contributed by atoms with Crippen molar-refractivity contribution in [3.63, 3.8) is 0 Å². The molecule has 1 aliphatic carbocycles. The van der Waals surface area contributed by atoms with Gasteiger partial charge in [-0.1, -0.05) is 6.92 Å². The summed E-state index contributed by atoms with van der Waals surface area (Å²) in [4.78, 5) is 9.46. The van der Waals surface area contributed by atoms with Gasteiger partial charge < -0.3 is 9.89 Å². The third kappa shape index (κ3) is 3.52. The Labute approximate surface area is 106 Å². The van der Waals surface area contributed by atoms with E-state index in [1.54, 1.807) is 0 Å². The molecule has 0 bridgehead atoms. The second-order valence-corrected chi connectivity index (χ2v) is 5.45. The molecule has 3 nitrogen and oxygen atoms in total. The van der Waals surface area contributed by atoms with Crippen molar-refractivity contribution in [3.05, 3.63) is 0 Å². The zero-order chi connectivity index (χ0) is 12.1. The summed E-state index contributed by atoms with van der Waals surface area (Å²) in [6.07, 6.45) is 7.60. The van der Waals surface area contributed by atoms with Crippen molar-refractivity contribution in [2.45, 2.75) is 38.6 Å². The van der Waals surface area contributed by atoms with E-state index in [1.165, 1.54) is 58.4 Å². The van der Waals surface area contributed by atoms with E-state index in [9.17, 15) is 0 Å². The lowest BCUT2D eigenvalue weighted by Gasteiger charge is -2.41. The van der Waals surface area contributed by atoms with Crippen molar-refractivity contribution < 1.29 is 0 Å². The van der Waals surface area contributed by atoms with Crippen LogP contribution in [0.15, 0.2) is 4.99 Å². The van der Waals surface area contributed by atoms with Crippen LogP contribution in [0.3, 0.4) is 0 Å². The number of piperazine rings is 1. The van der Waals surface area contributed by atoms with E-state index in [1.807, 2.05) is 7.05 Å². The molecule has 0 atom stereocenters. The topological polar surface area (TPSA) is 18.8 Å². The van der Waals surface area contributed by atoms with Crippen LogP contribution >= 0.6 is 0 Å². The van der Waals surface area contributed by atoms with Gasteiger partial charge in [-0.2, -0.15) is 0 Å². The van der Waals surface area contributed by atoms with Crippen LogP contribution in [0.4, 0.5) is 0 Å². The number of hydrogen-bond acceptors (Lipinski definition) is 3. The Hall–Kier alpha value is -0.410. The third-order valence-electron chi connectivity index (χ3n) is 4.47. The molecule has 0 aromatic carbocycles. The van der Waals surface area contributed by atoms with E-state index < -0.39 is 0 Å². The largest absolute Gasteiger partial charge is 0.301 e. The summed E-state index contributed by atoms with van der Waals surface area (Å²) in [5, 5.41) is 0. The maximum Gasteiger partial charge on any atom is 0.0273 e. The maximum absolute atomic E-state index is 4.17. The van der Waals surface area contributed by atoms with Gasteiger partial charge in [0.05, 0.1) is 0 Å². The van der Waals surface area contributed by atoms with Crippen LogP contribution in [0.25, 0.3) is 0 Å². The summed E-state index contributed by atoms with van der Waals surface area (Å²) < 4.78 is 0. The molecule has 3 heteroatoms. The zero-order valence-electron chi connectivity index (χ0n) is 11.4. The molecule has 0 amide bonds. The van der Waals surface area contributed by atoms with Gasteiger partial charge >= 0.3 is 0 Å². The van der Waals surface area contributed by atoms with Crippen molar-refractivity contribution in [1.29, 1.82) is 0 Å². The first kappa shape index (κ1) is 13.0. The average Bonchev–Trinajstić information content (AvgIpc) is 2.40. The smallest absolute Gasteiger partial charge is 0.0273 e. The SMILES string of the molecule is CCN1CCN(C2CCC(C=NC)CC2)CC1. The minimum absolute atomic E-state index is 0.758. The molecular weight excluding hydrogens is 210 g/mol. The second-order valence-electron chi connectivity index (χ2n) is 5.45. The van der Waals surface area contributed by atoms with Gasteiger partial charge in [-0.25, -0.2) is 0 Å². The molecule has 2 rings (SSSR count). The number of likely N-dealkylation sites (N-methyl/N-ethyl adjacent to an activating group) is 1. The van der Waals surface area contributed by atoms with E-state index in [-0.39, 0.29) is 0 Å². The van der Waals surface area contributed by atoms with Gasteiger partial charge in [-0.05, 0) is 38.1 Å². The Morgan fingerprint density at radius 2 is 1.71 bits per heavy atom. The van der Waals surface area contributed by atoms with Gasteiger partial charge in [0.15, 0.2) is 0 Å². The van der Waals surface area contributed by atoms with Gasteiger partial charge in [0.2, 0.25) is 0 Å². The highest BCUT2D eigenvalue weighted by Gasteiger charge is 2.27. The highest BCUT2D eigenvalue weighted by atomic mass is 15.3. The molecule has 0 N–H and O–H groups in total. The van der Waals surface area contributed by atoms with Crippen molar-refractivity contribution in [3.8, 4) is 0 Å². The van der Waals surface area contributed by atoms with E-state index in [0.717, 1.165) is 12.0 Å².